The number of carbonyl (C=O) groups excluding carboxylic acids is 2. The molecule has 0 radical (unpaired) electrons. The van der Waals surface area contributed by atoms with E-state index < -0.39 is 5.92 Å². The van der Waals surface area contributed by atoms with E-state index in [4.69, 9.17) is 9.47 Å². The van der Waals surface area contributed by atoms with Gasteiger partial charge in [0.05, 0.1) is 18.2 Å². The molecule has 0 unspecified atom stereocenters. The first kappa shape index (κ1) is 18.4. The molecule has 2 aliphatic rings. The number of rotatable bonds is 4. The van der Waals surface area contributed by atoms with Crippen molar-refractivity contribution in [3.8, 4) is 11.5 Å². The van der Waals surface area contributed by atoms with E-state index in [1.165, 1.54) is 0 Å². The number of aromatic nitrogens is 1. The Morgan fingerprint density at radius 1 is 1.10 bits per heavy atom. The number of hydrogen-bond donors (Lipinski definition) is 1. The molecule has 0 spiro atoms. The van der Waals surface area contributed by atoms with Gasteiger partial charge in [-0.15, -0.1) is 0 Å². The molecule has 1 saturated heterocycles. The fourth-order valence-corrected chi connectivity index (χ4v) is 3.97. The first-order chi connectivity index (χ1) is 14.7. The summed E-state index contributed by atoms with van der Waals surface area (Å²) in [6.45, 7) is 1.67. The fourth-order valence-electron chi connectivity index (χ4n) is 3.97. The number of carbonyl (C=O) groups is 2. The van der Waals surface area contributed by atoms with Crippen molar-refractivity contribution in [3.63, 3.8) is 0 Å². The van der Waals surface area contributed by atoms with Gasteiger partial charge in [-0.05, 0) is 23.6 Å². The van der Waals surface area contributed by atoms with E-state index in [1.54, 1.807) is 23.2 Å². The highest BCUT2D eigenvalue weighted by Crippen LogP contribution is 2.36. The van der Waals surface area contributed by atoms with Crippen LogP contribution in [0.25, 0.3) is 10.8 Å². The number of nitrogens with one attached hydrogen (secondary N) is 1. The zero-order valence-electron chi connectivity index (χ0n) is 16.3. The number of anilines is 1. The van der Waals surface area contributed by atoms with Gasteiger partial charge in [-0.2, -0.15) is 0 Å². The second-order valence-corrected chi connectivity index (χ2v) is 7.43. The molecule has 3 heterocycles. The lowest BCUT2D eigenvalue weighted by Crippen LogP contribution is -2.33. The van der Waals surface area contributed by atoms with E-state index >= 15 is 0 Å². The minimum Gasteiger partial charge on any atom is -0.486 e. The number of ether oxygens (including phenoxy) is 2. The molecular weight excluding hydrogens is 382 g/mol. The average molecular weight is 403 g/mol. The van der Waals surface area contributed by atoms with Crippen molar-refractivity contribution in [1.82, 2.24) is 10.3 Å². The Balaban J connectivity index is 1.27. The Morgan fingerprint density at radius 3 is 2.83 bits per heavy atom. The zero-order valence-corrected chi connectivity index (χ0v) is 16.3. The summed E-state index contributed by atoms with van der Waals surface area (Å²) < 4.78 is 11.1. The molecule has 152 valence electrons. The van der Waals surface area contributed by atoms with Gasteiger partial charge in [0.2, 0.25) is 11.8 Å². The molecule has 0 bridgehead atoms. The van der Waals surface area contributed by atoms with Gasteiger partial charge in [0.1, 0.15) is 13.2 Å². The van der Waals surface area contributed by atoms with Gasteiger partial charge in [-0.1, -0.05) is 24.3 Å². The van der Waals surface area contributed by atoms with Crippen molar-refractivity contribution >= 4 is 28.3 Å². The quantitative estimate of drug-likeness (QED) is 0.724. The van der Waals surface area contributed by atoms with E-state index in [-0.39, 0.29) is 18.2 Å². The summed E-state index contributed by atoms with van der Waals surface area (Å²) in [5.41, 5.74) is 1.53. The van der Waals surface area contributed by atoms with Crippen LogP contribution in [0.15, 0.2) is 54.7 Å². The van der Waals surface area contributed by atoms with Gasteiger partial charge < -0.3 is 19.7 Å². The summed E-state index contributed by atoms with van der Waals surface area (Å²) in [6.07, 6.45) is 1.93. The monoisotopic (exact) mass is 403 g/mol. The molecule has 0 saturated carbocycles. The third kappa shape index (κ3) is 3.43. The van der Waals surface area contributed by atoms with Gasteiger partial charge in [0.15, 0.2) is 11.5 Å². The highest BCUT2D eigenvalue weighted by molar-refractivity contribution is 6.00. The number of nitrogens with zero attached hydrogens (tertiary/aromatic N) is 2. The molecule has 3 aromatic rings. The van der Waals surface area contributed by atoms with Crippen molar-refractivity contribution in [1.29, 1.82) is 0 Å². The number of benzene rings is 2. The SMILES string of the molecule is O=C(NCc1nccc2ccccc12)[C@H]1CC(=O)N(c2ccc3c(c2)OCCO3)C1. The van der Waals surface area contributed by atoms with Crippen LogP contribution >= 0.6 is 0 Å². The molecule has 7 nitrogen and oxygen atoms in total. The van der Waals surface area contributed by atoms with Crippen LogP contribution in [0.1, 0.15) is 12.1 Å². The maximum Gasteiger partial charge on any atom is 0.227 e. The van der Waals surface area contributed by atoms with Crippen LogP contribution in [0.4, 0.5) is 5.69 Å². The van der Waals surface area contributed by atoms with Crippen LogP contribution in [0.2, 0.25) is 0 Å². The van der Waals surface area contributed by atoms with Crippen LogP contribution in [0, 0.1) is 5.92 Å². The lowest BCUT2D eigenvalue weighted by atomic mass is 10.1. The Kier molecular flexibility index (Phi) is 4.71. The molecule has 2 amide bonds. The third-order valence-corrected chi connectivity index (χ3v) is 5.52. The van der Waals surface area contributed by atoms with Crippen LogP contribution in [-0.2, 0) is 16.1 Å². The Labute approximate surface area is 173 Å². The first-order valence-electron chi connectivity index (χ1n) is 9.99. The van der Waals surface area contributed by atoms with Crippen molar-refractivity contribution in [2.75, 3.05) is 24.7 Å². The van der Waals surface area contributed by atoms with Crippen molar-refractivity contribution in [2.24, 2.45) is 5.92 Å². The van der Waals surface area contributed by atoms with E-state index in [0.29, 0.717) is 37.8 Å². The largest absolute Gasteiger partial charge is 0.486 e. The van der Waals surface area contributed by atoms with Gasteiger partial charge in [-0.25, -0.2) is 0 Å². The van der Waals surface area contributed by atoms with Crippen LogP contribution in [-0.4, -0.2) is 36.6 Å². The Bertz CT molecular complexity index is 1130. The van der Waals surface area contributed by atoms with E-state index in [2.05, 4.69) is 10.3 Å². The molecule has 0 aliphatic carbocycles. The maximum atomic E-state index is 12.7. The van der Waals surface area contributed by atoms with Crippen molar-refractivity contribution in [2.45, 2.75) is 13.0 Å². The van der Waals surface area contributed by atoms with E-state index in [1.807, 2.05) is 36.4 Å². The first-order valence-corrected chi connectivity index (χ1v) is 9.99. The zero-order chi connectivity index (χ0) is 20.5. The second kappa shape index (κ2) is 7.67. The molecule has 1 fully saturated rings. The standard InChI is InChI=1S/C23H21N3O4/c27-22-11-16(14-26(22)17-5-6-20-21(12-17)30-10-9-29-20)23(28)25-13-19-18-4-2-1-3-15(18)7-8-24-19/h1-8,12,16H,9-11,13-14H2,(H,25,28)/t16-/m0/s1. The molecule has 7 heteroatoms. The van der Waals surface area contributed by atoms with E-state index in [9.17, 15) is 9.59 Å². The summed E-state index contributed by atoms with van der Waals surface area (Å²) in [5.74, 6) is 0.684. The minimum absolute atomic E-state index is 0.0740. The van der Waals surface area contributed by atoms with E-state index in [0.717, 1.165) is 22.2 Å². The number of amides is 2. The highest BCUT2D eigenvalue weighted by Gasteiger charge is 2.35. The van der Waals surface area contributed by atoms with Gasteiger partial charge >= 0.3 is 0 Å². The minimum atomic E-state index is -0.402. The Morgan fingerprint density at radius 2 is 1.93 bits per heavy atom. The highest BCUT2D eigenvalue weighted by atomic mass is 16.6. The Hall–Kier alpha value is -3.61. The molecule has 2 aromatic carbocycles. The van der Waals surface area contributed by atoms with Crippen LogP contribution in [0.3, 0.4) is 0 Å². The summed E-state index contributed by atoms with van der Waals surface area (Å²) in [5, 5.41) is 5.05. The molecule has 1 N–H and O–H groups in total. The number of hydrogen-bond acceptors (Lipinski definition) is 5. The molecule has 30 heavy (non-hydrogen) atoms. The van der Waals surface area contributed by atoms with Crippen LogP contribution < -0.4 is 19.7 Å². The van der Waals surface area contributed by atoms with Gasteiger partial charge in [-0.3, -0.25) is 14.6 Å². The normalized spacial score (nSPS) is 17.9. The molecular formula is C23H21N3O4. The molecule has 1 aromatic heterocycles. The fraction of sp³-hybridized carbons (Fsp3) is 0.261. The molecule has 1 atom stereocenters. The predicted octanol–water partition coefficient (Wildman–Crippen LogP) is 2.68. The lowest BCUT2D eigenvalue weighted by molar-refractivity contribution is -0.126. The van der Waals surface area contributed by atoms with Gasteiger partial charge in [0, 0.05) is 36.3 Å². The summed E-state index contributed by atoms with van der Waals surface area (Å²) >= 11 is 0. The van der Waals surface area contributed by atoms with Crippen molar-refractivity contribution < 1.29 is 19.1 Å². The maximum absolute atomic E-state index is 12.7. The summed E-state index contributed by atoms with van der Waals surface area (Å²) in [6, 6.07) is 15.3. The summed E-state index contributed by atoms with van der Waals surface area (Å²) in [7, 11) is 0. The topological polar surface area (TPSA) is 80.8 Å². The smallest absolute Gasteiger partial charge is 0.227 e. The van der Waals surface area contributed by atoms with Crippen molar-refractivity contribution in [3.05, 3.63) is 60.4 Å². The molecule has 5 rings (SSSR count). The van der Waals surface area contributed by atoms with Gasteiger partial charge in [0.25, 0.3) is 0 Å². The predicted molar refractivity (Wildman–Crippen MR) is 111 cm³/mol. The number of fused-ring (bicyclic) bond motifs is 2. The summed E-state index contributed by atoms with van der Waals surface area (Å²) in [4.78, 5) is 31.4. The third-order valence-electron chi connectivity index (χ3n) is 5.52. The van der Waals surface area contributed by atoms with Crippen LogP contribution in [0.5, 0.6) is 11.5 Å². The lowest BCUT2D eigenvalue weighted by Gasteiger charge is -2.22. The average Bonchev–Trinajstić information content (AvgIpc) is 3.19. The number of pyridine rings is 1. The second-order valence-electron chi connectivity index (χ2n) is 7.43. The molecule has 2 aliphatic heterocycles.